The van der Waals surface area contributed by atoms with E-state index in [1.54, 1.807) is 4.90 Å². The highest BCUT2D eigenvalue weighted by atomic mass is 35.5. The lowest BCUT2D eigenvalue weighted by atomic mass is 10.0. The van der Waals surface area contributed by atoms with Crippen LogP contribution in [0.1, 0.15) is 22.5 Å². The highest BCUT2D eigenvalue weighted by molar-refractivity contribution is 6.33. The maximum Gasteiger partial charge on any atom is 0.271 e. The van der Waals surface area contributed by atoms with Gasteiger partial charge in [-0.25, -0.2) is 0 Å². The van der Waals surface area contributed by atoms with Gasteiger partial charge in [-0.1, -0.05) is 54.1 Å². The summed E-state index contributed by atoms with van der Waals surface area (Å²) in [6.45, 7) is 0.997. The highest BCUT2D eigenvalue weighted by Crippen LogP contribution is 2.22. The first-order valence-electron chi connectivity index (χ1n) is 8.36. The molecule has 1 saturated heterocycles. The molecule has 1 unspecified atom stereocenters. The summed E-state index contributed by atoms with van der Waals surface area (Å²) in [7, 11) is 0. The zero-order chi connectivity index (χ0) is 18.1. The molecule has 0 bridgehead atoms. The van der Waals surface area contributed by atoms with E-state index in [0.717, 1.165) is 16.3 Å². The van der Waals surface area contributed by atoms with E-state index in [-0.39, 0.29) is 35.0 Å². The van der Waals surface area contributed by atoms with Gasteiger partial charge in [-0.15, -0.1) is 0 Å². The molecule has 1 aliphatic rings. The fourth-order valence-electron chi connectivity index (χ4n) is 3.35. The number of aromatic nitrogens is 2. The predicted octanol–water partition coefficient (Wildman–Crippen LogP) is 2.75. The van der Waals surface area contributed by atoms with E-state index in [0.29, 0.717) is 13.1 Å². The maximum absolute atomic E-state index is 12.4. The molecular weight excluding hydrogens is 352 g/mol. The van der Waals surface area contributed by atoms with Crippen LogP contribution < -0.4 is 5.32 Å². The SMILES string of the molecule is O=C(NC1CC(=O)N(Cc2cccc3ccccc23)C1)c1[nH]ncc1Cl. The van der Waals surface area contributed by atoms with Crippen LogP contribution in [0.3, 0.4) is 0 Å². The van der Waals surface area contributed by atoms with Gasteiger partial charge >= 0.3 is 0 Å². The van der Waals surface area contributed by atoms with E-state index < -0.39 is 0 Å². The number of rotatable bonds is 4. The summed E-state index contributed by atoms with van der Waals surface area (Å²) in [5.41, 5.74) is 1.31. The Morgan fingerprint density at radius 3 is 2.88 bits per heavy atom. The van der Waals surface area contributed by atoms with E-state index in [2.05, 4.69) is 33.7 Å². The molecule has 0 aliphatic carbocycles. The van der Waals surface area contributed by atoms with Crippen molar-refractivity contribution in [2.75, 3.05) is 6.54 Å². The van der Waals surface area contributed by atoms with Crippen molar-refractivity contribution < 1.29 is 9.59 Å². The minimum atomic E-state index is -0.350. The molecule has 1 atom stereocenters. The molecule has 2 N–H and O–H groups in total. The zero-order valence-corrected chi connectivity index (χ0v) is 14.7. The number of H-pyrrole nitrogens is 1. The van der Waals surface area contributed by atoms with E-state index >= 15 is 0 Å². The topological polar surface area (TPSA) is 78.1 Å². The molecule has 4 rings (SSSR count). The van der Waals surface area contributed by atoms with Crippen molar-refractivity contribution in [1.82, 2.24) is 20.4 Å². The van der Waals surface area contributed by atoms with Crippen LogP contribution in [0.4, 0.5) is 0 Å². The quantitative estimate of drug-likeness (QED) is 0.743. The zero-order valence-electron chi connectivity index (χ0n) is 13.9. The number of halogens is 1. The molecule has 6 nitrogen and oxygen atoms in total. The molecular formula is C19H17ClN4O2. The number of hydrogen-bond donors (Lipinski definition) is 2. The molecule has 1 aromatic heterocycles. The Hall–Kier alpha value is -2.86. The number of hydrogen-bond acceptors (Lipinski definition) is 3. The number of carbonyl (C=O) groups excluding carboxylic acids is 2. The Kier molecular flexibility index (Phi) is 4.34. The Balaban J connectivity index is 1.46. The second-order valence-corrected chi connectivity index (χ2v) is 6.79. The number of likely N-dealkylation sites (tertiary alicyclic amines) is 1. The van der Waals surface area contributed by atoms with Gasteiger partial charge in [0.05, 0.1) is 17.3 Å². The van der Waals surface area contributed by atoms with Crippen LogP contribution in [0.2, 0.25) is 5.02 Å². The number of nitrogens with one attached hydrogen (secondary N) is 2. The fourth-order valence-corrected chi connectivity index (χ4v) is 3.52. The molecule has 7 heteroatoms. The molecule has 1 fully saturated rings. The monoisotopic (exact) mass is 368 g/mol. The standard InChI is InChI=1S/C19H17ClN4O2/c20-16-9-21-23-18(16)19(26)22-14-8-17(25)24(11-14)10-13-6-3-5-12-4-1-2-7-15(12)13/h1-7,9,14H,8,10-11H2,(H,21,23)(H,22,26). The third kappa shape index (κ3) is 3.15. The van der Waals surface area contributed by atoms with Gasteiger partial charge in [-0.2, -0.15) is 5.10 Å². The van der Waals surface area contributed by atoms with Gasteiger partial charge in [0.25, 0.3) is 5.91 Å². The summed E-state index contributed by atoms with van der Waals surface area (Å²) in [6.07, 6.45) is 1.66. The Morgan fingerprint density at radius 2 is 2.08 bits per heavy atom. The van der Waals surface area contributed by atoms with Gasteiger partial charge in [-0.3, -0.25) is 14.7 Å². The molecule has 0 saturated carbocycles. The first-order chi connectivity index (χ1) is 12.6. The average molecular weight is 369 g/mol. The van der Waals surface area contributed by atoms with Crippen molar-refractivity contribution in [2.24, 2.45) is 0 Å². The summed E-state index contributed by atoms with van der Waals surface area (Å²) in [5, 5.41) is 11.7. The molecule has 26 heavy (non-hydrogen) atoms. The minimum Gasteiger partial charge on any atom is -0.346 e. The summed E-state index contributed by atoms with van der Waals surface area (Å²) in [4.78, 5) is 26.4. The molecule has 0 radical (unpaired) electrons. The van der Waals surface area contributed by atoms with E-state index in [1.165, 1.54) is 6.20 Å². The summed E-state index contributed by atoms with van der Waals surface area (Å²) in [5.74, 6) is -0.323. The minimum absolute atomic E-state index is 0.0268. The van der Waals surface area contributed by atoms with Crippen LogP contribution in [0.5, 0.6) is 0 Å². The molecule has 132 valence electrons. The molecule has 3 aromatic rings. The van der Waals surface area contributed by atoms with Crippen molar-refractivity contribution in [1.29, 1.82) is 0 Å². The van der Waals surface area contributed by atoms with Gasteiger partial charge < -0.3 is 10.2 Å². The predicted molar refractivity (Wildman–Crippen MR) is 98.8 cm³/mol. The molecule has 2 aromatic carbocycles. The van der Waals surface area contributed by atoms with Gasteiger partial charge in [0.2, 0.25) is 5.91 Å². The number of nitrogens with zero attached hydrogens (tertiary/aromatic N) is 2. The van der Waals surface area contributed by atoms with Crippen molar-refractivity contribution in [3.63, 3.8) is 0 Å². The number of aromatic amines is 1. The van der Waals surface area contributed by atoms with Crippen molar-refractivity contribution >= 4 is 34.2 Å². The van der Waals surface area contributed by atoms with Crippen LogP contribution in [-0.4, -0.2) is 39.5 Å². The third-order valence-electron chi connectivity index (χ3n) is 4.61. The van der Waals surface area contributed by atoms with Crippen molar-refractivity contribution in [2.45, 2.75) is 19.0 Å². The van der Waals surface area contributed by atoms with Gasteiger partial charge in [-0.05, 0) is 16.3 Å². The number of benzene rings is 2. The highest BCUT2D eigenvalue weighted by Gasteiger charge is 2.31. The van der Waals surface area contributed by atoms with E-state index in [1.807, 2.05) is 24.3 Å². The molecule has 1 aliphatic heterocycles. The molecule has 2 amide bonds. The van der Waals surface area contributed by atoms with Crippen LogP contribution in [0.25, 0.3) is 10.8 Å². The Bertz CT molecular complexity index is 979. The van der Waals surface area contributed by atoms with Crippen LogP contribution in [-0.2, 0) is 11.3 Å². The first kappa shape index (κ1) is 16.6. The average Bonchev–Trinajstić information content (AvgIpc) is 3.21. The smallest absolute Gasteiger partial charge is 0.271 e. The first-order valence-corrected chi connectivity index (χ1v) is 8.74. The second kappa shape index (κ2) is 6.80. The summed E-state index contributed by atoms with van der Waals surface area (Å²) in [6, 6.07) is 14.0. The van der Waals surface area contributed by atoms with Crippen LogP contribution >= 0.6 is 11.6 Å². The molecule has 0 spiro atoms. The lowest BCUT2D eigenvalue weighted by Gasteiger charge is -2.18. The van der Waals surface area contributed by atoms with E-state index in [9.17, 15) is 9.59 Å². The van der Waals surface area contributed by atoms with Crippen LogP contribution in [0.15, 0.2) is 48.7 Å². The van der Waals surface area contributed by atoms with Gasteiger partial charge in [0.15, 0.2) is 0 Å². The lowest BCUT2D eigenvalue weighted by molar-refractivity contribution is -0.128. The van der Waals surface area contributed by atoms with E-state index in [4.69, 9.17) is 11.6 Å². The van der Waals surface area contributed by atoms with Crippen molar-refractivity contribution in [3.8, 4) is 0 Å². The fraction of sp³-hybridized carbons (Fsp3) is 0.211. The van der Waals surface area contributed by atoms with Crippen LogP contribution in [0, 0.1) is 0 Å². The third-order valence-corrected chi connectivity index (χ3v) is 4.90. The summed E-state index contributed by atoms with van der Waals surface area (Å²) < 4.78 is 0. The largest absolute Gasteiger partial charge is 0.346 e. The number of fused-ring (bicyclic) bond motifs is 1. The van der Waals surface area contributed by atoms with Gasteiger partial charge in [0, 0.05) is 19.5 Å². The van der Waals surface area contributed by atoms with Gasteiger partial charge in [0.1, 0.15) is 5.69 Å². The summed E-state index contributed by atoms with van der Waals surface area (Å²) >= 11 is 5.91. The second-order valence-electron chi connectivity index (χ2n) is 6.38. The number of carbonyl (C=O) groups is 2. The number of amides is 2. The molecule has 2 heterocycles. The Labute approximate surface area is 155 Å². The normalized spacial score (nSPS) is 17.0. The Morgan fingerprint density at radius 1 is 1.27 bits per heavy atom. The lowest BCUT2D eigenvalue weighted by Crippen LogP contribution is -2.37. The van der Waals surface area contributed by atoms with Crippen molar-refractivity contribution in [3.05, 3.63) is 64.9 Å². The maximum atomic E-state index is 12.4.